The minimum absolute atomic E-state index is 0.310. The quantitative estimate of drug-likeness (QED) is 0.762. The van der Waals surface area contributed by atoms with Crippen LogP contribution in [0.4, 0.5) is 0 Å². The van der Waals surface area contributed by atoms with Crippen LogP contribution in [0.2, 0.25) is 0 Å². The summed E-state index contributed by atoms with van der Waals surface area (Å²) in [6, 6.07) is 0.316. The topological polar surface area (TPSA) is 46.3 Å². The number of hydrogen-bond donors (Lipinski definition) is 1. The van der Waals surface area contributed by atoms with Crippen LogP contribution in [-0.4, -0.2) is 29.9 Å². The van der Waals surface area contributed by atoms with Crippen molar-refractivity contribution < 1.29 is 4.79 Å². The van der Waals surface area contributed by atoms with E-state index in [0.717, 1.165) is 38.8 Å². The van der Waals surface area contributed by atoms with Crippen molar-refractivity contribution in [2.24, 2.45) is 11.7 Å². The molecule has 1 saturated heterocycles. The lowest BCUT2D eigenvalue weighted by Crippen LogP contribution is -2.45. The number of rotatable bonds is 1. The van der Waals surface area contributed by atoms with Gasteiger partial charge in [0.05, 0.1) is 0 Å². The molecule has 0 unspecified atom stereocenters. The van der Waals surface area contributed by atoms with Crippen molar-refractivity contribution in [3.05, 3.63) is 0 Å². The van der Waals surface area contributed by atoms with E-state index in [2.05, 4.69) is 4.90 Å². The molecule has 1 saturated carbocycles. The Morgan fingerprint density at radius 1 is 0.882 bits per heavy atom. The second-order valence-corrected chi connectivity index (χ2v) is 5.70. The van der Waals surface area contributed by atoms with E-state index >= 15 is 0 Å². The molecule has 2 aliphatic rings. The highest BCUT2D eigenvalue weighted by molar-refractivity contribution is 5.78. The molecule has 3 nitrogen and oxygen atoms in total. The third kappa shape index (κ3) is 3.70. The van der Waals surface area contributed by atoms with Crippen LogP contribution in [0.1, 0.15) is 57.8 Å². The van der Waals surface area contributed by atoms with Crippen LogP contribution in [0.3, 0.4) is 0 Å². The Bertz CT molecular complexity index is 239. The fraction of sp³-hybridized carbons (Fsp3) is 0.929. The van der Waals surface area contributed by atoms with E-state index < -0.39 is 0 Å². The summed E-state index contributed by atoms with van der Waals surface area (Å²) in [7, 11) is 0. The van der Waals surface area contributed by atoms with Gasteiger partial charge < -0.3 is 10.6 Å². The number of piperidine rings is 1. The molecule has 1 aliphatic carbocycles. The minimum atomic E-state index is 0.310. The second kappa shape index (κ2) is 6.39. The van der Waals surface area contributed by atoms with E-state index in [0.29, 0.717) is 17.9 Å². The van der Waals surface area contributed by atoms with Gasteiger partial charge in [0.25, 0.3) is 0 Å². The van der Waals surface area contributed by atoms with Crippen molar-refractivity contribution in [3.8, 4) is 0 Å². The average molecular weight is 238 g/mol. The molecule has 0 radical (unpaired) electrons. The van der Waals surface area contributed by atoms with E-state index in [4.69, 9.17) is 5.73 Å². The van der Waals surface area contributed by atoms with Crippen molar-refractivity contribution in [3.63, 3.8) is 0 Å². The predicted molar refractivity (Wildman–Crippen MR) is 69.6 cm³/mol. The number of nitrogens with two attached hydrogens (primary N) is 1. The molecule has 0 bridgehead atoms. The third-order valence-corrected chi connectivity index (χ3v) is 4.31. The van der Waals surface area contributed by atoms with Gasteiger partial charge in [0.15, 0.2) is 0 Å². The van der Waals surface area contributed by atoms with E-state index in [9.17, 15) is 4.79 Å². The summed E-state index contributed by atoms with van der Waals surface area (Å²) in [6.07, 6.45) is 10.7. The molecule has 2 rings (SSSR count). The normalized spacial score (nSPS) is 25.4. The summed E-state index contributed by atoms with van der Waals surface area (Å²) in [4.78, 5) is 14.5. The molecule has 17 heavy (non-hydrogen) atoms. The summed E-state index contributed by atoms with van der Waals surface area (Å²) in [6.45, 7) is 1.77. The molecule has 3 heteroatoms. The van der Waals surface area contributed by atoms with Gasteiger partial charge in [-0.15, -0.1) is 0 Å². The van der Waals surface area contributed by atoms with Crippen LogP contribution in [0.5, 0.6) is 0 Å². The SMILES string of the molecule is NC1CCN(C(=O)C2CCCCCCC2)CC1. The number of likely N-dealkylation sites (tertiary alicyclic amines) is 1. The van der Waals surface area contributed by atoms with Gasteiger partial charge in [-0.2, -0.15) is 0 Å². The van der Waals surface area contributed by atoms with Crippen molar-refractivity contribution >= 4 is 5.91 Å². The number of carbonyl (C=O) groups excluding carboxylic acids is 1. The molecule has 2 N–H and O–H groups in total. The van der Waals surface area contributed by atoms with Gasteiger partial charge in [0, 0.05) is 25.0 Å². The van der Waals surface area contributed by atoms with Gasteiger partial charge in [-0.1, -0.05) is 32.1 Å². The predicted octanol–water partition coefficient (Wildman–Crippen LogP) is 2.30. The summed E-state index contributed by atoms with van der Waals surface area (Å²) in [5.41, 5.74) is 5.88. The zero-order chi connectivity index (χ0) is 12.1. The minimum Gasteiger partial charge on any atom is -0.342 e. The molecule has 0 aromatic heterocycles. The van der Waals surface area contributed by atoms with Crippen molar-refractivity contribution in [1.29, 1.82) is 0 Å². The van der Waals surface area contributed by atoms with Gasteiger partial charge in [0.2, 0.25) is 5.91 Å². The first kappa shape index (κ1) is 12.9. The largest absolute Gasteiger partial charge is 0.342 e. The van der Waals surface area contributed by atoms with Crippen LogP contribution in [0.25, 0.3) is 0 Å². The first-order chi connectivity index (χ1) is 8.27. The molecule has 1 aliphatic heterocycles. The summed E-state index contributed by atoms with van der Waals surface area (Å²) >= 11 is 0. The highest BCUT2D eigenvalue weighted by Crippen LogP contribution is 2.25. The van der Waals surface area contributed by atoms with Crippen LogP contribution in [0, 0.1) is 5.92 Å². The molecular weight excluding hydrogens is 212 g/mol. The lowest BCUT2D eigenvalue weighted by molar-refractivity contribution is -0.137. The summed E-state index contributed by atoms with van der Waals surface area (Å²) in [5.74, 6) is 0.725. The molecule has 98 valence electrons. The Morgan fingerprint density at radius 3 is 2.00 bits per heavy atom. The Kier molecular flexibility index (Phi) is 4.84. The Morgan fingerprint density at radius 2 is 1.41 bits per heavy atom. The van der Waals surface area contributed by atoms with Crippen LogP contribution in [0.15, 0.2) is 0 Å². The number of hydrogen-bond acceptors (Lipinski definition) is 2. The molecule has 2 fully saturated rings. The fourth-order valence-electron chi connectivity index (χ4n) is 3.08. The monoisotopic (exact) mass is 238 g/mol. The smallest absolute Gasteiger partial charge is 0.225 e. The Hall–Kier alpha value is -0.570. The number of carbonyl (C=O) groups is 1. The average Bonchev–Trinajstić information content (AvgIpc) is 2.29. The van der Waals surface area contributed by atoms with Gasteiger partial charge in [-0.3, -0.25) is 4.79 Å². The number of nitrogens with zero attached hydrogens (tertiary/aromatic N) is 1. The van der Waals surface area contributed by atoms with E-state index in [1.807, 2.05) is 0 Å². The first-order valence-electron chi connectivity index (χ1n) is 7.32. The van der Waals surface area contributed by atoms with E-state index in [1.54, 1.807) is 0 Å². The molecule has 0 aromatic carbocycles. The van der Waals surface area contributed by atoms with Crippen molar-refractivity contribution in [2.75, 3.05) is 13.1 Å². The molecule has 0 aromatic rings. The van der Waals surface area contributed by atoms with E-state index in [1.165, 1.54) is 32.1 Å². The maximum atomic E-state index is 12.4. The highest BCUT2D eigenvalue weighted by atomic mass is 16.2. The first-order valence-corrected chi connectivity index (χ1v) is 7.32. The zero-order valence-corrected chi connectivity index (χ0v) is 10.9. The number of amides is 1. The third-order valence-electron chi connectivity index (χ3n) is 4.31. The van der Waals surface area contributed by atoms with Gasteiger partial charge in [-0.25, -0.2) is 0 Å². The van der Waals surface area contributed by atoms with Gasteiger partial charge >= 0.3 is 0 Å². The van der Waals surface area contributed by atoms with Crippen LogP contribution >= 0.6 is 0 Å². The standard InChI is InChI=1S/C14H26N2O/c15-13-8-10-16(11-9-13)14(17)12-6-4-2-1-3-5-7-12/h12-13H,1-11,15H2. The van der Waals surface area contributed by atoms with E-state index in [-0.39, 0.29) is 0 Å². The molecule has 1 amide bonds. The molecule has 0 atom stereocenters. The van der Waals surface area contributed by atoms with Gasteiger partial charge in [0.1, 0.15) is 0 Å². The second-order valence-electron chi connectivity index (χ2n) is 5.70. The van der Waals surface area contributed by atoms with Gasteiger partial charge in [-0.05, 0) is 25.7 Å². The van der Waals surface area contributed by atoms with Crippen molar-refractivity contribution in [2.45, 2.75) is 63.8 Å². The maximum absolute atomic E-state index is 12.4. The lowest BCUT2D eigenvalue weighted by atomic mass is 9.89. The lowest BCUT2D eigenvalue weighted by Gasteiger charge is -2.33. The van der Waals surface area contributed by atoms with Crippen molar-refractivity contribution in [1.82, 2.24) is 4.90 Å². The highest BCUT2D eigenvalue weighted by Gasteiger charge is 2.27. The molecule has 1 heterocycles. The maximum Gasteiger partial charge on any atom is 0.225 e. The molecule has 0 spiro atoms. The Labute approximate surface area is 105 Å². The zero-order valence-electron chi connectivity index (χ0n) is 10.9. The van der Waals surface area contributed by atoms with Crippen LogP contribution in [-0.2, 0) is 4.79 Å². The molecular formula is C14H26N2O. The fourth-order valence-corrected chi connectivity index (χ4v) is 3.08. The summed E-state index contributed by atoms with van der Waals surface area (Å²) in [5, 5.41) is 0. The Balaban J connectivity index is 1.84. The van der Waals surface area contributed by atoms with Crippen LogP contribution < -0.4 is 5.73 Å². The summed E-state index contributed by atoms with van der Waals surface area (Å²) < 4.78 is 0.